The van der Waals surface area contributed by atoms with Crippen LogP contribution in [-0.4, -0.2) is 48.0 Å². The molecule has 0 fully saturated rings. The lowest BCUT2D eigenvalue weighted by Crippen LogP contribution is -2.34. The summed E-state index contributed by atoms with van der Waals surface area (Å²) in [7, 11) is 3.79. The van der Waals surface area contributed by atoms with E-state index in [0.29, 0.717) is 24.7 Å². The molecule has 3 rings (SSSR count). The number of carbonyl (C=O) groups is 1. The first-order valence-corrected chi connectivity index (χ1v) is 8.80. The highest BCUT2D eigenvalue weighted by Crippen LogP contribution is 2.20. The summed E-state index contributed by atoms with van der Waals surface area (Å²) in [5.74, 6) is -0.492. The summed E-state index contributed by atoms with van der Waals surface area (Å²) in [5.41, 5.74) is 2.80. The number of nitrogens with one attached hydrogen (secondary N) is 2. The Morgan fingerprint density at radius 3 is 2.81 bits per heavy atom. The third kappa shape index (κ3) is 4.43. The van der Waals surface area contributed by atoms with E-state index in [0.717, 1.165) is 16.6 Å². The molecule has 27 heavy (non-hydrogen) atoms. The number of aromatic amines is 1. The fourth-order valence-electron chi connectivity index (χ4n) is 2.94. The lowest BCUT2D eigenvalue weighted by Gasteiger charge is -2.25. The van der Waals surface area contributed by atoms with Crippen molar-refractivity contribution in [3.05, 3.63) is 59.4 Å². The first-order chi connectivity index (χ1) is 13.0. The van der Waals surface area contributed by atoms with E-state index in [4.69, 9.17) is 4.74 Å². The standard InChI is InChI=1S/C20H23FN4O2/c1-4-27-20-23-16-9-8-14(11-17(16)24-20)19(26)22-12-18(25(2)3)13-6-5-7-15(21)10-13/h5-11,18H,4,12H2,1-3H3,(H,22,26)(H,23,24)/t18-/m0/s1. The van der Waals surface area contributed by atoms with Gasteiger partial charge in [-0.2, -0.15) is 4.98 Å². The smallest absolute Gasteiger partial charge is 0.294 e. The molecule has 7 heteroatoms. The quantitative estimate of drug-likeness (QED) is 0.670. The fourth-order valence-corrected chi connectivity index (χ4v) is 2.94. The Bertz CT molecular complexity index is 939. The van der Waals surface area contributed by atoms with Crippen LogP contribution in [0.2, 0.25) is 0 Å². The summed E-state index contributed by atoms with van der Waals surface area (Å²) in [6.07, 6.45) is 0. The van der Waals surface area contributed by atoms with Crippen LogP contribution in [0.3, 0.4) is 0 Å². The van der Waals surface area contributed by atoms with Gasteiger partial charge in [-0.1, -0.05) is 12.1 Å². The van der Waals surface area contributed by atoms with Crippen LogP contribution in [0.5, 0.6) is 6.01 Å². The first-order valence-electron chi connectivity index (χ1n) is 8.80. The Hall–Kier alpha value is -2.93. The maximum absolute atomic E-state index is 13.5. The lowest BCUT2D eigenvalue weighted by molar-refractivity contribution is 0.0942. The van der Waals surface area contributed by atoms with Crippen molar-refractivity contribution in [3.8, 4) is 6.01 Å². The van der Waals surface area contributed by atoms with Crippen LogP contribution in [0.4, 0.5) is 4.39 Å². The molecule has 0 saturated heterocycles. The highest BCUT2D eigenvalue weighted by Gasteiger charge is 2.17. The van der Waals surface area contributed by atoms with Gasteiger partial charge < -0.3 is 19.9 Å². The van der Waals surface area contributed by atoms with Crippen molar-refractivity contribution in [2.45, 2.75) is 13.0 Å². The Labute approximate surface area is 157 Å². The Morgan fingerprint density at radius 2 is 2.11 bits per heavy atom. The van der Waals surface area contributed by atoms with Gasteiger partial charge in [0.2, 0.25) is 0 Å². The molecule has 0 bridgehead atoms. The zero-order valence-electron chi connectivity index (χ0n) is 15.6. The number of aromatic nitrogens is 2. The van der Waals surface area contributed by atoms with Crippen molar-refractivity contribution in [2.75, 3.05) is 27.2 Å². The van der Waals surface area contributed by atoms with Gasteiger partial charge in [-0.25, -0.2) is 4.39 Å². The minimum absolute atomic E-state index is 0.134. The predicted molar refractivity (Wildman–Crippen MR) is 102 cm³/mol. The molecule has 0 spiro atoms. The second-order valence-electron chi connectivity index (χ2n) is 6.45. The van der Waals surface area contributed by atoms with Crippen LogP contribution < -0.4 is 10.1 Å². The molecule has 6 nitrogen and oxygen atoms in total. The van der Waals surface area contributed by atoms with Crippen LogP contribution >= 0.6 is 0 Å². The van der Waals surface area contributed by atoms with Gasteiger partial charge in [0.15, 0.2) is 0 Å². The SMILES string of the molecule is CCOc1nc2ccc(C(=O)NC[C@@H](c3cccc(F)c3)N(C)C)cc2[nH]1. The van der Waals surface area contributed by atoms with Crippen LogP contribution in [0, 0.1) is 5.82 Å². The molecule has 0 aliphatic carbocycles. The molecule has 2 aromatic carbocycles. The van der Waals surface area contributed by atoms with Gasteiger partial charge in [0, 0.05) is 12.1 Å². The van der Waals surface area contributed by atoms with E-state index in [1.165, 1.54) is 12.1 Å². The molecule has 2 N–H and O–H groups in total. The highest BCUT2D eigenvalue weighted by atomic mass is 19.1. The number of rotatable bonds is 7. The largest absolute Gasteiger partial charge is 0.465 e. The van der Waals surface area contributed by atoms with Crippen LogP contribution in [0.1, 0.15) is 28.9 Å². The average Bonchev–Trinajstić information content (AvgIpc) is 3.03. The van der Waals surface area contributed by atoms with Crippen molar-refractivity contribution in [2.24, 2.45) is 0 Å². The molecule has 0 radical (unpaired) electrons. The molecule has 142 valence electrons. The second kappa shape index (κ2) is 8.18. The third-order valence-corrected chi connectivity index (χ3v) is 4.32. The maximum Gasteiger partial charge on any atom is 0.294 e. The van der Waals surface area contributed by atoms with E-state index < -0.39 is 0 Å². The van der Waals surface area contributed by atoms with Gasteiger partial charge in [0.25, 0.3) is 11.9 Å². The van der Waals surface area contributed by atoms with E-state index >= 15 is 0 Å². The number of carbonyl (C=O) groups excluding carboxylic acids is 1. The summed E-state index contributed by atoms with van der Waals surface area (Å²) < 4.78 is 18.9. The van der Waals surface area contributed by atoms with E-state index in [-0.39, 0.29) is 17.8 Å². The van der Waals surface area contributed by atoms with Crippen molar-refractivity contribution < 1.29 is 13.9 Å². The second-order valence-corrected chi connectivity index (χ2v) is 6.45. The summed E-state index contributed by atoms with van der Waals surface area (Å²) in [4.78, 5) is 21.9. The normalized spacial score (nSPS) is 12.3. The number of hydrogen-bond acceptors (Lipinski definition) is 4. The topological polar surface area (TPSA) is 70.2 Å². The van der Waals surface area contributed by atoms with Gasteiger partial charge in [-0.15, -0.1) is 0 Å². The number of nitrogens with zero attached hydrogens (tertiary/aromatic N) is 2. The van der Waals surface area contributed by atoms with E-state index in [1.807, 2.05) is 32.0 Å². The molecule has 1 amide bonds. The summed E-state index contributed by atoms with van der Waals surface area (Å²) in [6, 6.07) is 12.0. The molecular formula is C20H23FN4O2. The summed E-state index contributed by atoms with van der Waals surface area (Å²) >= 11 is 0. The molecular weight excluding hydrogens is 347 g/mol. The minimum Gasteiger partial charge on any atom is -0.465 e. The van der Waals surface area contributed by atoms with Crippen LogP contribution in [0.25, 0.3) is 11.0 Å². The maximum atomic E-state index is 13.5. The van der Waals surface area contributed by atoms with Crippen molar-refractivity contribution in [1.29, 1.82) is 0 Å². The van der Waals surface area contributed by atoms with E-state index in [2.05, 4.69) is 15.3 Å². The number of hydrogen-bond donors (Lipinski definition) is 2. The van der Waals surface area contributed by atoms with Crippen LogP contribution in [0.15, 0.2) is 42.5 Å². The van der Waals surface area contributed by atoms with Gasteiger partial charge in [0.1, 0.15) is 5.82 Å². The highest BCUT2D eigenvalue weighted by molar-refractivity contribution is 5.97. The number of H-pyrrole nitrogens is 1. The zero-order valence-corrected chi connectivity index (χ0v) is 15.6. The number of ether oxygens (including phenoxy) is 1. The number of halogens is 1. The van der Waals surface area contributed by atoms with Crippen LogP contribution in [-0.2, 0) is 0 Å². The number of fused-ring (bicyclic) bond motifs is 1. The Morgan fingerprint density at radius 1 is 1.30 bits per heavy atom. The van der Waals surface area contributed by atoms with Gasteiger partial charge in [-0.05, 0) is 56.9 Å². The lowest BCUT2D eigenvalue weighted by atomic mass is 10.1. The van der Waals surface area contributed by atoms with Crippen molar-refractivity contribution in [3.63, 3.8) is 0 Å². The number of likely N-dealkylation sites (N-methyl/N-ethyl adjacent to an activating group) is 1. The molecule has 3 aromatic rings. The average molecular weight is 370 g/mol. The third-order valence-electron chi connectivity index (χ3n) is 4.32. The van der Waals surface area contributed by atoms with Crippen molar-refractivity contribution >= 4 is 16.9 Å². The molecule has 0 aliphatic rings. The van der Waals surface area contributed by atoms with Crippen molar-refractivity contribution in [1.82, 2.24) is 20.2 Å². The first kappa shape index (κ1) is 18.8. The molecule has 0 aliphatic heterocycles. The summed E-state index contributed by atoms with van der Waals surface area (Å²) in [6.45, 7) is 2.76. The van der Waals surface area contributed by atoms with Gasteiger partial charge in [0.05, 0.1) is 23.7 Å². The monoisotopic (exact) mass is 370 g/mol. The number of amides is 1. The fraction of sp³-hybridized carbons (Fsp3) is 0.300. The molecule has 1 aromatic heterocycles. The molecule has 1 atom stereocenters. The molecule has 1 heterocycles. The van der Waals surface area contributed by atoms with E-state index in [9.17, 15) is 9.18 Å². The minimum atomic E-state index is -0.291. The predicted octanol–water partition coefficient (Wildman–Crippen LogP) is 3.13. The van der Waals surface area contributed by atoms with Gasteiger partial charge in [-0.3, -0.25) is 4.79 Å². The number of benzene rings is 2. The van der Waals surface area contributed by atoms with Gasteiger partial charge >= 0.3 is 0 Å². The Kier molecular flexibility index (Phi) is 5.71. The zero-order chi connectivity index (χ0) is 19.4. The number of imidazole rings is 1. The molecule has 0 unspecified atom stereocenters. The molecule has 0 saturated carbocycles. The Balaban J connectivity index is 1.72. The van der Waals surface area contributed by atoms with E-state index in [1.54, 1.807) is 24.3 Å². The summed E-state index contributed by atoms with van der Waals surface area (Å²) in [5, 5.41) is 2.93.